The van der Waals surface area contributed by atoms with Crippen molar-refractivity contribution in [2.75, 3.05) is 24.5 Å². The topological polar surface area (TPSA) is 95.4 Å². The van der Waals surface area contributed by atoms with Crippen LogP contribution in [0.1, 0.15) is 16.9 Å². The monoisotopic (exact) mass is 236 g/mol. The summed E-state index contributed by atoms with van der Waals surface area (Å²) in [5, 5.41) is 11.6. The highest BCUT2D eigenvalue weighted by Gasteiger charge is 2.16. The third-order valence-electron chi connectivity index (χ3n) is 2.48. The van der Waals surface area contributed by atoms with Crippen molar-refractivity contribution in [2.24, 2.45) is 0 Å². The van der Waals surface area contributed by atoms with E-state index in [-0.39, 0.29) is 11.6 Å². The Kier molecular flexibility index (Phi) is 3.17. The van der Waals surface area contributed by atoms with E-state index in [9.17, 15) is 9.59 Å². The van der Waals surface area contributed by atoms with Gasteiger partial charge >= 0.3 is 5.97 Å². The van der Waals surface area contributed by atoms with E-state index in [2.05, 4.69) is 15.3 Å². The second-order valence-corrected chi connectivity index (χ2v) is 3.65. The minimum absolute atomic E-state index is 0.00477. The van der Waals surface area contributed by atoms with Crippen molar-refractivity contribution in [1.82, 2.24) is 15.3 Å². The number of carboxylic acid groups (broad SMARTS) is 1. The minimum atomic E-state index is -1.11. The highest BCUT2D eigenvalue weighted by Crippen LogP contribution is 2.11. The number of nitrogens with zero attached hydrogens (tertiary/aromatic N) is 3. The number of hydrogen-bond acceptors (Lipinski definition) is 5. The fourth-order valence-corrected chi connectivity index (χ4v) is 1.61. The normalized spacial score (nSPS) is 16.2. The molecule has 1 aromatic heterocycles. The van der Waals surface area contributed by atoms with Gasteiger partial charge in [-0.1, -0.05) is 0 Å². The van der Waals surface area contributed by atoms with Gasteiger partial charge in [0.25, 0.3) is 0 Å². The first-order valence-corrected chi connectivity index (χ1v) is 5.24. The summed E-state index contributed by atoms with van der Waals surface area (Å²) in [6.07, 6.45) is 3.08. The number of carboxylic acids is 1. The Labute approximate surface area is 97.5 Å². The molecule has 0 unspecified atom stereocenters. The van der Waals surface area contributed by atoms with Gasteiger partial charge in [0, 0.05) is 26.1 Å². The summed E-state index contributed by atoms with van der Waals surface area (Å²) in [6.45, 7) is 1.64. The molecule has 17 heavy (non-hydrogen) atoms. The lowest BCUT2D eigenvalue weighted by Gasteiger charge is -2.19. The second-order valence-electron chi connectivity index (χ2n) is 3.65. The fourth-order valence-electron chi connectivity index (χ4n) is 1.61. The first-order valence-electron chi connectivity index (χ1n) is 5.24. The van der Waals surface area contributed by atoms with Crippen LogP contribution in [0.4, 0.5) is 5.82 Å². The lowest BCUT2D eigenvalue weighted by atomic mass is 10.3. The van der Waals surface area contributed by atoms with Crippen LogP contribution in [0.25, 0.3) is 0 Å². The van der Waals surface area contributed by atoms with Crippen LogP contribution in [0.2, 0.25) is 0 Å². The Bertz CT molecular complexity index is 449. The fraction of sp³-hybridized carbons (Fsp3) is 0.400. The molecule has 0 aromatic carbocycles. The van der Waals surface area contributed by atoms with Crippen LogP contribution < -0.4 is 10.2 Å². The smallest absolute Gasteiger partial charge is 0.356 e. The van der Waals surface area contributed by atoms with Crippen LogP contribution in [0.15, 0.2) is 12.4 Å². The number of carbonyl (C=O) groups excluding carboxylic acids is 1. The maximum atomic E-state index is 11.2. The Hall–Kier alpha value is -2.18. The average Bonchev–Trinajstić information content (AvgIpc) is 2.54. The number of aromatic nitrogens is 2. The molecule has 0 atom stereocenters. The van der Waals surface area contributed by atoms with Gasteiger partial charge in [0.05, 0.1) is 12.4 Å². The van der Waals surface area contributed by atoms with Crippen molar-refractivity contribution in [3.63, 3.8) is 0 Å². The summed E-state index contributed by atoms with van der Waals surface area (Å²) < 4.78 is 0. The van der Waals surface area contributed by atoms with Gasteiger partial charge in [0.15, 0.2) is 5.69 Å². The quantitative estimate of drug-likeness (QED) is 0.718. The zero-order chi connectivity index (χ0) is 12.3. The molecule has 2 heterocycles. The van der Waals surface area contributed by atoms with Gasteiger partial charge in [-0.3, -0.25) is 9.78 Å². The molecule has 0 radical (unpaired) electrons. The largest absolute Gasteiger partial charge is 0.476 e. The summed E-state index contributed by atoms with van der Waals surface area (Å²) >= 11 is 0. The van der Waals surface area contributed by atoms with Crippen molar-refractivity contribution >= 4 is 17.7 Å². The molecule has 0 saturated carbocycles. The van der Waals surface area contributed by atoms with Crippen molar-refractivity contribution in [3.05, 3.63) is 18.1 Å². The van der Waals surface area contributed by atoms with Crippen molar-refractivity contribution in [1.29, 1.82) is 0 Å². The third-order valence-corrected chi connectivity index (χ3v) is 2.48. The number of rotatable bonds is 2. The van der Waals surface area contributed by atoms with Crippen molar-refractivity contribution in [3.8, 4) is 0 Å². The summed E-state index contributed by atoms with van der Waals surface area (Å²) in [4.78, 5) is 31.6. The first kappa shape index (κ1) is 11.3. The zero-order valence-electron chi connectivity index (χ0n) is 9.09. The highest BCUT2D eigenvalue weighted by atomic mass is 16.4. The van der Waals surface area contributed by atoms with Gasteiger partial charge in [0.1, 0.15) is 5.82 Å². The second kappa shape index (κ2) is 4.77. The van der Waals surface area contributed by atoms with Crippen LogP contribution >= 0.6 is 0 Å². The van der Waals surface area contributed by atoms with Gasteiger partial charge in [-0.05, 0) is 0 Å². The maximum Gasteiger partial charge on any atom is 0.356 e. The Morgan fingerprint density at radius 2 is 2.24 bits per heavy atom. The molecule has 1 aliphatic rings. The van der Waals surface area contributed by atoms with E-state index in [1.807, 2.05) is 4.90 Å². The zero-order valence-corrected chi connectivity index (χ0v) is 9.09. The summed E-state index contributed by atoms with van der Waals surface area (Å²) in [6, 6.07) is 0. The first-order chi connectivity index (χ1) is 8.16. The molecule has 1 aromatic rings. The van der Waals surface area contributed by atoms with Gasteiger partial charge in [-0.15, -0.1) is 0 Å². The molecule has 2 rings (SSSR count). The summed E-state index contributed by atoms with van der Waals surface area (Å²) in [5.74, 6) is -0.625. The molecule has 0 bridgehead atoms. The van der Waals surface area contributed by atoms with Gasteiger partial charge in [0.2, 0.25) is 5.91 Å². The van der Waals surface area contributed by atoms with Crippen LogP contribution in [0, 0.1) is 0 Å². The minimum Gasteiger partial charge on any atom is -0.476 e. The van der Waals surface area contributed by atoms with Crippen molar-refractivity contribution < 1.29 is 14.7 Å². The maximum absolute atomic E-state index is 11.2. The van der Waals surface area contributed by atoms with E-state index in [4.69, 9.17) is 5.11 Å². The third kappa shape index (κ3) is 2.68. The van der Waals surface area contributed by atoms with Crippen molar-refractivity contribution in [2.45, 2.75) is 6.42 Å². The number of nitrogens with one attached hydrogen (secondary N) is 1. The molecule has 1 saturated heterocycles. The van der Waals surface area contributed by atoms with E-state index < -0.39 is 5.97 Å². The lowest BCUT2D eigenvalue weighted by molar-refractivity contribution is -0.120. The van der Waals surface area contributed by atoms with E-state index in [0.717, 1.165) is 0 Å². The number of hydrogen-bond donors (Lipinski definition) is 2. The molecule has 1 fully saturated rings. The Balaban J connectivity index is 2.18. The Morgan fingerprint density at radius 3 is 3.00 bits per heavy atom. The molecular weight excluding hydrogens is 224 g/mol. The van der Waals surface area contributed by atoms with E-state index >= 15 is 0 Å². The standard InChI is InChI=1S/C10H12N4O3/c15-9-1-3-14(4-2-12-9)8-6-11-5-7(13-8)10(16)17/h5-6H,1-4H2,(H,12,15)(H,16,17). The molecule has 0 aliphatic carbocycles. The SMILES string of the molecule is O=C1CCN(c2cncc(C(=O)O)n2)CCN1. The number of carbonyl (C=O) groups is 2. The molecule has 1 aliphatic heterocycles. The van der Waals surface area contributed by atoms with Gasteiger partial charge in [-0.25, -0.2) is 9.78 Å². The number of amides is 1. The van der Waals surface area contributed by atoms with E-state index in [0.29, 0.717) is 31.9 Å². The van der Waals surface area contributed by atoms with Crippen LogP contribution in [-0.2, 0) is 4.79 Å². The number of anilines is 1. The summed E-state index contributed by atoms with van der Waals surface area (Å²) in [7, 11) is 0. The van der Waals surface area contributed by atoms with E-state index in [1.165, 1.54) is 12.4 Å². The van der Waals surface area contributed by atoms with Gasteiger partial charge in [-0.2, -0.15) is 0 Å². The van der Waals surface area contributed by atoms with Crippen LogP contribution in [0.3, 0.4) is 0 Å². The Morgan fingerprint density at radius 1 is 1.41 bits per heavy atom. The lowest BCUT2D eigenvalue weighted by Crippen LogP contribution is -2.29. The molecular formula is C10H12N4O3. The van der Waals surface area contributed by atoms with Gasteiger partial charge < -0.3 is 15.3 Å². The van der Waals surface area contributed by atoms with E-state index in [1.54, 1.807) is 0 Å². The predicted molar refractivity (Wildman–Crippen MR) is 58.8 cm³/mol. The average molecular weight is 236 g/mol. The molecule has 7 nitrogen and oxygen atoms in total. The van der Waals surface area contributed by atoms with Crippen LogP contribution in [-0.4, -0.2) is 46.6 Å². The highest BCUT2D eigenvalue weighted by molar-refractivity contribution is 5.85. The molecule has 0 spiro atoms. The van der Waals surface area contributed by atoms with Crippen LogP contribution in [0.5, 0.6) is 0 Å². The predicted octanol–water partition coefficient (Wildman–Crippen LogP) is -0.499. The molecule has 90 valence electrons. The molecule has 2 N–H and O–H groups in total. The summed E-state index contributed by atoms with van der Waals surface area (Å²) in [5.41, 5.74) is -0.0916. The molecule has 7 heteroatoms. The molecule has 1 amide bonds. The number of aromatic carboxylic acids is 1.